The summed E-state index contributed by atoms with van der Waals surface area (Å²) in [6.45, 7) is 5.89. The Hall–Kier alpha value is -2.05. The maximum absolute atomic E-state index is 15.1. The minimum absolute atomic E-state index is 0.0557. The molecular formula is C20H22ClFN4O. The third-order valence-electron chi connectivity index (χ3n) is 5.31. The molecule has 5 nitrogen and oxygen atoms in total. The zero-order valence-electron chi connectivity index (χ0n) is 15.6. The second kappa shape index (κ2) is 6.53. The molecule has 27 heavy (non-hydrogen) atoms. The molecule has 0 saturated carbocycles. The van der Waals surface area contributed by atoms with Crippen molar-refractivity contribution >= 4 is 22.6 Å². The van der Waals surface area contributed by atoms with Gasteiger partial charge >= 0.3 is 0 Å². The van der Waals surface area contributed by atoms with E-state index in [0.717, 1.165) is 18.4 Å². The SMILES string of the molecule is CCC[C@@]1(O)CCc2ccc(-n3c(C(C)C)c(F)c4cnc(Cl)nc43)nc21. The Balaban J connectivity index is 1.99. The van der Waals surface area contributed by atoms with E-state index >= 15 is 4.39 Å². The van der Waals surface area contributed by atoms with E-state index in [1.807, 2.05) is 32.9 Å². The van der Waals surface area contributed by atoms with Crippen molar-refractivity contribution in [1.82, 2.24) is 19.5 Å². The molecule has 142 valence electrons. The van der Waals surface area contributed by atoms with E-state index in [1.54, 1.807) is 4.57 Å². The lowest BCUT2D eigenvalue weighted by molar-refractivity contribution is 0.0248. The van der Waals surface area contributed by atoms with Crippen LogP contribution in [0.3, 0.4) is 0 Å². The monoisotopic (exact) mass is 388 g/mol. The van der Waals surface area contributed by atoms with Gasteiger partial charge in [0.05, 0.1) is 16.8 Å². The lowest BCUT2D eigenvalue weighted by Gasteiger charge is -2.23. The fourth-order valence-electron chi connectivity index (χ4n) is 4.09. The zero-order chi connectivity index (χ0) is 19.3. The minimum atomic E-state index is -0.924. The molecule has 1 aliphatic rings. The van der Waals surface area contributed by atoms with Crippen LogP contribution in [-0.4, -0.2) is 24.6 Å². The highest BCUT2D eigenvalue weighted by Gasteiger charge is 2.38. The van der Waals surface area contributed by atoms with Crippen LogP contribution in [0.4, 0.5) is 4.39 Å². The fraction of sp³-hybridized carbons (Fsp3) is 0.450. The maximum Gasteiger partial charge on any atom is 0.224 e. The molecule has 1 aliphatic carbocycles. The van der Waals surface area contributed by atoms with Crippen LogP contribution in [0.5, 0.6) is 0 Å². The fourth-order valence-corrected chi connectivity index (χ4v) is 4.22. The van der Waals surface area contributed by atoms with Crippen LogP contribution >= 0.6 is 11.6 Å². The molecular weight excluding hydrogens is 367 g/mol. The molecule has 3 aromatic heterocycles. The molecule has 4 rings (SSSR count). The Kier molecular flexibility index (Phi) is 4.43. The molecule has 7 heteroatoms. The second-order valence-electron chi connectivity index (χ2n) is 7.52. The van der Waals surface area contributed by atoms with Gasteiger partial charge in [-0.1, -0.05) is 33.3 Å². The van der Waals surface area contributed by atoms with Gasteiger partial charge in [0.1, 0.15) is 11.4 Å². The van der Waals surface area contributed by atoms with Crippen molar-refractivity contribution in [2.24, 2.45) is 0 Å². The van der Waals surface area contributed by atoms with Crippen molar-refractivity contribution in [3.8, 4) is 5.82 Å². The summed E-state index contributed by atoms with van der Waals surface area (Å²) in [6, 6.07) is 3.83. The summed E-state index contributed by atoms with van der Waals surface area (Å²) in [6.07, 6.45) is 4.39. The van der Waals surface area contributed by atoms with Crippen molar-refractivity contribution in [3.63, 3.8) is 0 Å². The molecule has 3 aromatic rings. The Morgan fingerprint density at radius 2 is 2.11 bits per heavy atom. The predicted molar refractivity (Wildman–Crippen MR) is 103 cm³/mol. The average molecular weight is 389 g/mol. The molecule has 0 bridgehead atoms. The van der Waals surface area contributed by atoms with Gasteiger partial charge in [0.25, 0.3) is 0 Å². The molecule has 0 fully saturated rings. The van der Waals surface area contributed by atoms with Crippen LogP contribution in [-0.2, 0) is 12.0 Å². The zero-order valence-corrected chi connectivity index (χ0v) is 16.4. The first kappa shape index (κ1) is 18.3. The second-order valence-corrected chi connectivity index (χ2v) is 7.86. The molecule has 0 saturated heterocycles. The van der Waals surface area contributed by atoms with Gasteiger partial charge < -0.3 is 5.11 Å². The molecule has 1 atom stereocenters. The molecule has 0 unspecified atom stereocenters. The summed E-state index contributed by atoms with van der Waals surface area (Å²) >= 11 is 5.98. The average Bonchev–Trinajstić information content (AvgIpc) is 3.10. The quantitative estimate of drug-likeness (QED) is 0.660. The van der Waals surface area contributed by atoms with Gasteiger partial charge in [-0.25, -0.2) is 14.4 Å². The minimum Gasteiger partial charge on any atom is -0.384 e. The third kappa shape index (κ3) is 2.82. The van der Waals surface area contributed by atoms with Gasteiger partial charge in [0.2, 0.25) is 5.28 Å². The Labute approximate surface area is 162 Å². The Morgan fingerprint density at radius 3 is 2.81 bits per heavy atom. The first-order valence-electron chi connectivity index (χ1n) is 9.31. The third-order valence-corrected chi connectivity index (χ3v) is 5.49. The predicted octanol–water partition coefficient (Wildman–Crippen LogP) is 4.67. The molecule has 0 aliphatic heterocycles. The van der Waals surface area contributed by atoms with Crippen molar-refractivity contribution < 1.29 is 9.50 Å². The van der Waals surface area contributed by atoms with Crippen LogP contribution < -0.4 is 0 Å². The van der Waals surface area contributed by atoms with E-state index < -0.39 is 5.60 Å². The van der Waals surface area contributed by atoms with Crippen LogP contribution in [0.1, 0.15) is 62.9 Å². The standard InChI is InChI=1S/C20H22ClFN4O/c1-4-8-20(27)9-7-12-5-6-14(24-17(12)20)26-16(11(2)3)15(22)13-10-23-19(21)25-18(13)26/h5-6,10-11,27H,4,7-9H2,1-3H3/t20-/m1/s1. The van der Waals surface area contributed by atoms with Crippen molar-refractivity contribution in [2.75, 3.05) is 0 Å². The van der Waals surface area contributed by atoms with Crippen molar-refractivity contribution in [3.05, 3.63) is 46.4 Å². The van der Waals surface area contributed by atoms with Crippen LogP contribution in [0.2, 0.25) is 5.28 Å². The molecule has 0 amide bonds. The highest BCUT2D eigenvalue weighted by Crippen LogP contribution is 2.40. The number of aliphatic hydroxyl groups is 1. The largest absolute Gasteiger partial charge is 0.384 e. The molecule has 0 spiro atoms. The number of hydrogen-bond donors (Lipinski definition) is 1. The normalized spacial score (nSPS) is 19.2. The lowest BCUT2D eigenvalue weighted by Crippen LogP contribution is -2.23. The van der Waals surface area contributed by atoms with Gasteiger partial charge in [-0.3, -0.25) is 4.57 Å². The summed E-state index contributed by atoms with van der Waals surface area (Å²) in [4.78, 5) is 13.0. The number of halogens is 2. The summed E-state index contributed by atoms with van der Waals surface area (Å²) in [5.41, 5.74) is 1.68. The number of fused-ring (bicyclic) bond motifs is 2. The first-order valence-corrected chi connectivity index (χ1v) is 9.69. The topological polar surface area (TPSA) is 63.8 Å². The lowest BCUT2D eigenvalue weighted by atomic mass is 9.95. The number of aromatic nitrogens is 4. The van der Waals surface area contributed by atoms with E-state index in [2.05, 4.69) is 9.97 Å². The summed E-state index contributed by atoms with van der Waals surface area (Å²) in [5.74, 6) is 0.0860. The molecule has 0 radical (unpaired) electrons. The van der Waals surface area contributed by atoms with Gasteiger partial charge in [-0.05, 0) is 48.4 Å². The number of nitrogens with zero attached hydrogens (tertiary/aromatic N) is 4. The van der Waals surface area contributed by atoms with Crippen molar-refractivity contribution in [2.45, 2.75) is 58.0 Å². The van der Waals surface area contributed by atoms with Crippen LogP contribution in [0, 0.1) is 5.82 Å². The van der Waals surface area contributed by atoms with E-state index in [-0.39, 0.29) is 17.0 Å². The smallest absolute Gasteiger partial charge is 0.224 e. The highest BCUT2D eigenvalue weighted by molar-refractivity contribution is 6.28. The van der Waals surface area contributed by atoms with E-state index in [1.165, 1.54) is 6.20 Å². The number of hydrogen-bond acceptors (Lipinski definition) is 4. The van der Waals surface area contributed by atoms with Gasteiger partial charge in [0, 0.05) is 6.20 Å². The van der Waals surface area contributed by atoms with E-state index in [9.17, 15) is 5.11 Å². The van der Waals surface area contributed by atoms with Crippen LogP contribution in [0.25, 0.3) is 16.9 Å². The summed E-state index contributed by atoms with van der Waals surface area (Å²) < 4.78 is 16.8. The molecule has 3 heterocycles. The number of pyridine rings is 1. The van der Waals surface area contributed by atoms with E-state index in [4.69, 9.17) is 16.6 Å². The Bertz CT molecular complexity index is 1030. The first-order chi connectivity index (χ1) is 12.9. The molecule has 0 aromatic carbocycles. The van der Waals surface area contributed by atoms with Gasteiger partial charge in [-0.2, -0.15) is 4.98 Å². The van der Waals surface area contributed by atoms with Crippen LogP contribution in [0.15, 0.2) is 18.3 Å². The maximum atomic E-state index is 15.1. The number of rotatable bonds is 4. The van der Waals surface area contributed by atoms with Gasteiger partial charge in [0.15, 0.2) is 11.5 Å². The van der Waals surface area contributed by atoms with Gasteiger partial charge in [-0.15, -0.1) is 0 Å². The van der Waals surface area contributed by atoms with E-state index in [0.29, 0.717) is 41.1 Å². The summed E-state index contributed by atoms with van der Waals surface area (Å²) in [7, 11) is 0. The number of aryl methyl sites for hydroxylation is 1. The van der Waals surface area contributed by atoms with Crippen molar-refractivity contribution in [1.29, 1.82) is 0 Å². The summed E-state index contributed by atoms with van der Waals surface area (Å²) in [5, 5.41) is 11.4. The molecule has 1 N–H and O–H groups in total. The Morgan fingerprint density at radius 1 is 1.33 bits per heavy atom. The highest BCUT2D eigenvalue weighted by atomic mass is 35.5.